The van der Waals surface area contributed by atoms with Crippen LogP contribution in [-0.2, 0) is 23.3 Å². The number of aromatic nitrogens is 4. The number of aryl methyl sites for hydroxylation is 2. The minimum Gasteiger partial charge on any atom is -0.384 e. The van der Waals surface area contributed by atoms with E-state index in [0.717, 1.165) is 23.4 Å². The molecule has 0 bridgehead atoms. The first-order valence-corrected chi connectivity index (χ1v) is 8.80. The molecule has 0 amide bonds. The zero-order chi connectivity index (χ0) is 15.2. The predicted molar refractivity (Wildman–Crippen MR) is 80.5 cm³/mol. The van der Waals surface area contributed by atoms with Crippen LogP contribution in [0.4, 0.5) is 5.82 Å². The van der Waals surface area contributed by atoms with Gasteiger partial charge in [0.15, 0.2) is 9.84 Å². The Morgan fingerprint density at radius 2 is 2.19 bits per heavy atom. The summed E-state index contributed by atoms with van der Waals surface area (Å²) < 4.78 is 26.6. The maximum absolute atomic E-state index is 11.6. The molecule has 8 heteroatoms. The van der Waals surface area contributed by atoms with Crippen LogP contribution < -0.4 is 5.73 Å². The van der Waals surface area contributed by atoms with Crippen molar-refractivity contribution in [2.45, 2.75) is 25.8 Å². The maximum atomic E-state index is 11.6. The Kier molecular flexibility index (Phi) is 3.27. The largest absolute Gasteiger partial charge is 0.384 e. The lowest BCUT2D eigenvalue weighted by atomic mass is 10.1. The first-order valence-electron chi connectivity index (χ1n) is 6.98. The summed E-state index contributed by atoms with van der Waals surface area (Å²) in [6.07, 6.45) is 3.29. The molecule has 2 aromatic rings. The fraction of sp³-hybridized carbons (Fsp3) is 0.538. The highest BCUT2D eigenvalue weighted by molar-refractivity contribution is 7.91. The van der Waals surface area contributed by atoms with Gasteiger partial charge in [-0.25, -0.2) is 13.1 Å². The number of rotatable bonds is 3. The summed E-state index contributed by atoms with van der Waals surface area (Å²) >= 11 is 0. The van der Waals surface area contributed by atoms with Crippen LogP contribution in [0, 0.1) is 0 Å². The Morgan fingerprint density at radius 1 is 1.43 bits per heavy atom. The molecule has 0 saturated carbocycles. The molecule has 1 atom stereocenters. The number of hydrogen-bond acceptors (Lipinski definition) is 5. The molecule has 1 aliphatic heterocycles. The lowest BCUT2D eigenvalue weighted by Gasteiger charge is -2.09. The molecule has 0 radical (unpaired) electrons. The Hall–Kier alpha value is -1.83. The second-order valence-electron chi connectivity index (χ2n) is 5.47. The fourth-order valence-electron chi connectivity index (χ4n) is 2.81. The van der Waals surface area contributed by atoms with Gasteiger partial charge in [0, 0.05) is 24.9 Å². The molecule has 1 unspecified atom stereocenters. The summed E-state index contributed by atoms with van der Waals surface area (Å²) in [6.45, 7) is 2.04. The van der Waals surface area contributed by atoms with Gasteiger partial charge in [0.1, 0.15) is 5.82 Å². The van der Waals surface area contributed by atoms with Gasteiger partial charge in [-0.3, -0.25) is 4.68 Å². The standard InChI is InChI=1S/C13H19N5O2S/c1-3-11-10(7-17(2)15-11)12-6-13(14)18(16-12)9-4-5-21(19,20)8-9/h6-7,9H,3-5,8,14H2,1-2H3. The van der Waals surface area contributed by atoms with Crippen molar-refractivity contribution in [2.75, 3.05) is 17.2 Å². The van der Waals surface area contributed by atoms with Crippen molar-refractivity contribution in [1.82, 2.24) is 19.6 Å². The number of nitrogen functional groups attached to an aromatic ring is 1. The van der Waals surface area contributed by atoms with Crippen LogP contribution in [0.3, 0.4) is 0 Å². The number of hydrogen-bond donors (Lipinski definition) is 1. The van der Waals surface area contributed by atoms with Gasteiger partial charge in [0.25, 0.3) is 0 Å². The molecule has 3 rings (SSSR count). The van der Waals surface area contributed by atoms with Crippen LogP contribution in [0.5, 0.6) is 0 Å². The van der Waals surface area contributed by atoms with Crippen molar-refractivity contribution in [2.24, 2.45) is 7.05 Å². The van der Waals surface area contributed by atoms with E-state index in [2.05, 4.69) is 10.2 Å². The van der Waals surface area contributed by atoms with E-state index in [1.807, 2.05) is 20.2 Å². The van der Waals surface area contributed by atoms with E-state index in [0.29, 0.717) is 12.2 Å². The first kappa shape index (κ1) is 14.1. The summed E-state index contributed by atoms with van der Waals surface area (Å²) in [7, 11) is -1.09. The molecule has 1 aliphatic rings. The topological polar surface area (TPSA) is 95.8 Å². The Balaban J connectivity index is 1.98. The second-order valence-corrected chi connectivity index (χ2v) is 7.70. The van der Waals surface area contributed by atoms with Crippen molar-refractivity contribution in [1.29, 1.82) is 0 Å². The van der Waals surface area contributed by atoms with Crippen molar-refractivity contribution in [3.8, 4) is 11.3 Å². The van der Waals surface area contributed by atoms with Crippen LogP contribution >= 0.6 is 0 Å². The number of sulfone groups is 1. The van der Waals surface area contributed by atoms with Crippen molar-refractivity contribution in [3.05, 3.63) is 18.0 Å². The minimum absolute atomic E-state index is 0.117. The number of anilines is 1. The van der Waals surface area contributed by atoms with Gasteiger partial charge in [-0.2, -0.15) is 10.2 Å². The third kappa shape index (κ3) is 2.55. The Bertz CT molecular complexity index is 775. The molecule has 1 saturated heterocycles. The van der Waals surface area contributed by atoms with E-state index >= 15 is 0 Å². The second kappa shape index (κ2) is 4.87. The zero-order valence-corrected chi connectivity index (χ0v) is 13.0. The number of nitrogens with two attached hydrogens (primary N) is 1. The molecule has 2 aromatic heterocycles. The monoisotopic (exact) mass is 309 g/mol. The molecule has 114 valence electrons. The van der Waals surface area contributed by atoms with E-state index in [-0.39, 0.29) is 17.5 Å². The quantitative estimate of drug-likeness (QED) is 0.904. The van der Waals surface area contributed by atoms with Crippen LogP contribution in [-0.4, -0.2) is 39.5 Å². The average molecular weight is 309 g/mol. The average Bonchev–Trinajstić information content (AvgIpc) is 3.06. The summed E-state index contributed by atoms with van der Waals surface area (Å²) in [5, 5.41) is 8.92. The predicted octanol–water partition coefficient (Wildman–Crippen LogP) is 0.788. The highest BCUT2D eigenvalue weighted by Gasteiger charge is 2.31. The van der Waals surface area contributed by atoms with E-state index in [1.165, 1.54) is 0 Å². The van der Waals surface area contributed by atoms with Gasteiger partial charge < -0.3 is 5.73 Å². The van der Waals surface area contributed by atoms with Crippen LogP contribution in [0.15, 0.2) is 12.3 Å². The number of nitrogens with zero attached hydrogens (tertiary/aromatic N) is 4. The molecule has 7 nitrogen and oxygen atoms in total. The van der Waals surface area contributed by atoms with Gasteiger partial charge >= 0.3 is 0 Å². The molecule has 21 heavy (non-hydrogen) atoms. The van der Waals surface area contributed by atoms with E-state index in [4.69, 9.17) is 5.73 Å². The Labute approximate surface area is 123 Å². The fourth-order valence-corrected chi connectivity index (χ4v) is 4.50. The highest BCUT2D eigenvalue weighted by Crippen LogP contribution is 2.30. The SMILES string of the molecule is CCc1nn(C)cc1-c1cc(N)n(C2CCS(=O)(=O)C2)n1. The normalized spacial score (nSPS) is 21.0. The van der Waals surface area contributed by atoms with Crippen molar-refractivity contribution in [3.63, 3.8) is 0 Å². The molecule has 0 aromatic carbocycles. The molecule has 3 heterocycles. The van der Waals surface area contributed by atoms with Crippen LogP contribution in [0.2, 0.25) is 0 Å². The lowest BCUT2D eigenvalue weighted by molar-refractivity contribution is 0.508. The van der Waals surface area contributed by atoms with Crippen LogP contribution in [0.25, 0.3) is 11.3 Å². The molecule has 2 N–H and O–H groups in total. The van der Waals surface area contributed by atoms with Crippen LogP contribution in [0.1, 0.15) is 25.1 Å². The van der Waals surface area contributed by atoms with Gasteiger partial charge in [-0.15, -0.1) is 0 Å². The lowest BCUT2D eigenvalue weighted by Crippen LogP contribution is -2.14. The third-order valence-electron chi connectivity index (χ3n) is 3.84. The smallest absolute Gasteiger partial charge is 0.152 e. The molecule has 1 fully saturated rings. The molecular weight excluding hydrogens is 290 g/mol. The van der Waals surface area contributed by atoms with Gasteiger partial charge in [0.2, 0.25) is 0 Å². The van der Waals surface area contributed by atoms with Gasteiger partial charge in [-0.05, 0) is 12.8 Å². The van der Waals surface area contributed by atoms with E-state index < -0.39 is 9.84 Å². The molecule has 0 spiro atoms. The summed E-state index contributed by atoms with van der Waals surface area (Å²) in [6, 6.07) is 1.63. The summed E-state index contributed by atoms with van der Waals surface area (Å²) in [5.41, 5.74) is 8.69. The van der Waals surface area contributed by atoms with Gasteiger partial charge in [0.05, 0.1) is 28.9 Å². The minimum atomic E-state index is -2.96. The van der Waals surface area contributed by atoms with Gasteiger partial charge in [-0.1, -0.05) is 6.92 Å². The first-order chi connectivity index (χ1) is 9.89. The summed E-state index contributed by atoms with van der Waals surface area (Å²) in [4.78, 5) is 0. The zero-order valence-electron chi connectivity index (χ0n) is 12.2. The van der Waals surface area contributed by atoms with Crippen molar-refractivity contribution >= 4 is 15.7 Å². The Morgan fingerprint density at radius 3 is 2.81 bits per heavy atom. The molecular formula is C13H19N5O2S. The highest BCUT2D eigenvalue weighted by atomic mass is 32.2. The van der Waals surface area contributed by atoms with E-state index in [9.17, 15) is 8.42 Å². The summed E-state index contributed by atoms with van der Waals surface area (Å²) in [5.74, 6) is 0.823. The maximum Gasteiger partial charge on any atom is 0.152 e. The van der Waals surface area contributed by atoms with Crippen molar-refractivity contribution < 1.29 is 8.42 Å². The third-order valence-corrected chi connectivity index (χ3v) is 5.59. The molecule has 0 aliphatic carbocycles. The van der Waals surface area contributed by atoms with E-state index in [1.54, 1.807) is 15.4 Å².